The zero-order valence-corrected chi connectivity index (χ0v) is 15.1. The van der Waals surface area contributed by atoms with Gasteiger partial charge in [0.05, 0.1) is 7.11 Å². The molecule has 0 aliphatic rings. The quantitative estimate of drug-likeness (QED) is 0.781. The van der Waals surface area contributed by atoms with Gasteiger partial charge >= 0.3 is 5.97 Å². The molecule has 1 aromatic carbocycles. The van der Waals surface area contributed by atoms with E-state index in [1.807, 2.05) is 45.9 Å². The lowest BCUT2D eigenvalue weighted by atomic mass is 9.86. The molecule has 5 nitrogen and oxygen atoms in total. The first-order valence-corrected chi connectivity index (χ1v) is 7.90. The standard InChI is InChI=1S/C17H25ClN2O3/c1-11-6-7-12(10-13(11)18)19-9-8-14(21)20-15(16(22)23-5)17(2,3)4/h6-7,10,15,19H,8-9H2,1-5H3,(H,20,21)/t15-/m1/s1. The summed E-state index contributed by atoms with van der Waals surface area (Å²) in [6, 6.07) is 4.97. The maximum absolute atomic E-state index is 12.0. The second-order valence-electron chi connectivity index (χ2n) is 6.53. The predicted molar refractivity (Wildman–Crippen MR) is 92.7 cm³/mol. The lowest BCUT2D eigenvalue weighted by Gasteiger charge is -2.29. The number of methoxy groups -OCH3 is 1. The first kappa shape index (κ1) is 19.3. The minimum absolute atomic E-state index is 0.207. The molecular weight excluding hydrogens is 316 g/mol. The van der Waals surface area contributed by atoms with Crippen LogP contribution in [0.4, 0.5) is 5.69 Å². The van der Waals surface area contributed by atoms with E-state index in [9.17, 15) is 9.59 Å². The average molecular weight is 341 g/mol. The lowest BCUT2D eigenvalue weighted by Crippen LogP contribution is -2.49. The molecule has 1 rings (SSSR count). The van der Waals surface area contributed by atoms with E-state index >= 15 is 0 Å². The van der Waals surface area contributed by atoms with Gasteiger partial charge < -0.3 is 15.4 Å². The molecule has 0 aliphatic heterocycles. The molecule has 1 amide bonds. The smallest absolute Gasteiger partial charge is 0.328 e. The molecule has 0 saturated heterocycles. The van der Waals surface area contributed by atoms with Crippen LogP contribution in [0.1, 0.15) is 32.8 Å². The molecule has 6 heteroatoms. The second kappa shape index (κ2) is 8.20. The van der Waals surface area contributed by atoms with Gasteiger partial charge in [-0.05, 0) is 30.0 Å². The van der Waals surface area contributed by atoms with Crippen molar-refractivity contribution in [3.8, 4) is 0 Å². The van der Waals surface area contributed by atoms with Crippen LogP contribution in [0.5, 0.6) is 0 Å². The van der Waals surface area contributed by atoms with Gasteiger partial charge in [-0.25, -0.2) is 4.79 Å². The Kier molecular flexibility index (Phi) is 6.88. The highest BCUT2D eigenvalue weighted by atomic mass is 35.5. The van der Waals surface area contributed by atoms with Gasteiger partial charge in [-0.2, -0.15) is 0 Å². The molecule has 0 spiro atoms. The first-order chi connectivity index (χ1) is 10.6. The van der Waals surface area contributed by atoms with Gasteiger partial charge in [0.2, 0.25) is 5.91 Å². The summed E-state index contributed by atoms with van der Waals surface area (Å²) in [4.78, 5) is 23.8. The van der Waals surface area contributed by atoms with Gasteiger partial charge in [-0.15, -0.1) is 0 Å². The Morgan fingerprint density at radius 2 is 1.96 bits per heavy atom. The van der Waals surface area contributed by atoms with Crippen LogP contribution in [-0.2, 0) is 14.3 Å². The summed E-state index contributed by atoms with van der Waals surface area (Å²) in [5.41, 5.74) is 1.44. The third kappa shape index (κ3) is 6.10. The van der Waals surface area contributed by atoms with Crippen molar-refractivity contribution >= 4 is 29.2 Å². The number of hydrogen-bond donors (Lipinski definition) is 2. The summed E-state index contributed by atoms with van der Waals surface area (Å²) in [5, 5.41) is 6.55. The molecule has 0 aliphatic carbocycles. The van der Waals surface area contributed by atoms with Gasteiger partial charge in [0.1, 0.15) is 6.04 Å². The van der Waals surface area contributed by atoms with E-state index in [0.29, 0.717) is 11.6 Å². The minimum atomic E-state index is -0.672. The lowest BCUT2D eigenvalue weighted by molar-refractivity contribution is -0.148. The van der Waals surface area contributed by atoms with Crippen molar-refractivity contribution in [2.45, 2.75) is 40.2 Å². The number of esters is 1. The molecule has 0 saturated carbocycles. The molecular formula is C17H25ClN2O3. The van der Waals surface area contributed by atoms with Crippen LogP contribution in [0.15, 0.2) is 18.2 Å². The van der Waals surface area contributed by atoms with E-state index in [2.05, 4.69) is 10.6 Å². The van der Waals surface area contributed by atoms with Crippen molar-refractivity contribution in [3.63, 3.8) is 0 Å². The van der Waals surface area contributed by atoms with Crippen LogP contribution in [0, 0.1) is 12.3 Å². The topological polar surface area (TPSA) is 67.4 Å². The maximum Gasteiger partial charge on any atom is 0.328 e. The number of amides is 1. The number of carbonyl (C=O) groups is 2. The molecule has 1 aromatic rings. The molecule has 0 aromatic heterocycles. The molecule has 0 bridgehead atoms. The fourth-order valence-electron chi connectivity index (χ4n) is 2.00. The monoisotopic (exact) mass is 340 g/mol. The average Bonchev–Trinajstić information content (AvgIpc) is 2.46. The summed E-state index contributed by atoms with van der Waals surface area (Å²) in [6.07, 6.45) is 0.245. The highest BCUT2D eigenvalue weighted by molar-refractivity contribution is 6.31. The van der Waals surface area contributed by atoms with Crippen LogP contribution in [0.3, 0.4) is 0 Å². The Bertz CT molecular complexity index is 567. The Hall–Kier alpha value is -1.75. The summed E-state index contributed by atoms with van der Waals surface area (Å²) in [7, 11) is 1.32. The number of benzene rings is 1. The number of aryl methyl sites for hydroxylation is 1. The summed E-state index contributed by atoms with van der Waals surface area (Å²) in [5.74, 6) is -0.648. The molecule has 0 fully saturated rings. The van der Waals surface area contributed by atoms with Gasteiger partial charge in [-0.3, -0.25) is 4.79 Å². The normalized spacial score (nSPS) is 12.4. The van der Waals surface area contributed by atoms with Crippen LogP contribution < -0.4 is 10.6 Å². The van der Waals surface area contributed by atoms with Crippen molar-refractivity contribution in [3.05, 3.63) is 28.8 Å². The highest BCUT2D eigenvalue weighted by Crippen LogP contribution is 2.21. The van der Waals surface area contributed by atoms with Crippen molar-refractivity contribution in [2.24, 2.45) is 5.41 Å². The number of rotatable bonds is 6. The molecule has 1 atom stereocenters. The van der Waals surface area contributed by atoms with Crippen molar-refractivity contribution < 1.29 is 14.3 Å². The van der Waals surface area contributed by atoms with Crippen LogP contribution >= 0.6 is 11.6 Å². The van der Waals surface area contributed by atoms with Crippen LogP contribution in [0.2, 0.25) is 5.02 Å². The number of ether oxygens (including phenoxy) is 1. The first-order valence-electron chi connectivity index (χ1n) is 7.52. The Balaban J connectivity index is 2.52. The van der Waals surface area contributed by atoms with Crippen LogP contribution in [0.25, 0.3) is 0 Å². The summed E-state index contributed by atoms with van der Waals surface area (Å²) >= 11 is 6.05. The molecule has 0 radical (unpaired) electrons. The third-order valence-electron chi connectivity index (χ3n) is 3.46. The number of halogens is 1. The largest absolute Gasteiger partial charge is 0.467 e. The van der Waals surface area contributed by atoms with E-state index in [1.165, 1.54) is 7.11 Å². The van der Waals surface area contributed by atoms with Crippen molar-refractivity contribution in [1.82, 2.24) is 5.32 Å². The maximum atomic E-state index is 12.0. The fourth-order valence-corrected chi connectivity index (χ4v) is 2.18. The van der Waals surface area contributed by atoms with Crippen LogP contribution in [-0.4, -0.2) is 31.6 Å². The van der Waals surface area contributed by atoms with Gasteiger partial charge in [0.15, 0.2) is 0 Å². The molecule has 2 N–H and O–H groups in total. The van der Waals surface area contributed by atoms with Gasteiger partial charge in [0, 0.05) is 23.7 Å². The number of anilines is 1. The number of hydrogen-bond acceptors (Lipinski definition) is 4. The highest BCUT2D eigenvalue weighted by Gasteiger charge is 2.33. The zero-order chi connectivity index (χ0) is 17.6. The molecule has 23 heavy (non-hydrogen) atoms. The summed E-state index contributed by atoms with van der Waals surface area (Å²) in [6.45, 7) is 8.01. The van der Waals surface area contributed by atoms with Crippen molar-refractivity contribution in [1.29, 1.82) is 0 Å². The fraction of sp³-hybridized carbons (Fsp3) is 0.529. The number of nitrogens with one attached hydrogen (secondary N) is 2. The number of carbonyl (C=O) groups excluding carboxylic acids is 2. The van der Waals surface area contributed by atoms with Crippen molar-refractivity contribution in [2.75, 3.05) is 19.0 Å². The van der Waals surface area contributed by atoms with Gasteiger partial charge in [0.25, 0.3) is 0 Å². The third-order valence-corrected chi connectivity index (χ3v) is 3.87. The zero-order valence-electron chi connectivity index (χ0n) is 14.3. The van der Waals surface area contributed by atoms with Gasteiger partial charge in [-0.1, -0.05) is 38.4 Å². The Morgan fingerprint density at radius 1 is 1.30 bits per heavy atom. The van der Waals surface area contributed by atoms with E-state index in [0.717, 1.165) is 11.3 Å². The SMILES string of the molecule is COC(=O)[C@@H](NC(=O)CCNc1ccc(C)c(Cl)c1)C(C)(C)C. The summed E-state index contributed by atoms with van der Waals surface area (Å²) < 4.78 is 4.75. The predicted octanol–water partition coefficient (Wildman–Crippen LogP) is 3.15. The molecule has 0 heterocycles. The molecule has 128 valence electrons. The van der Waals surface area contributed by atoms with E-state index in [4.69, 9.17) is 16.3 Å². The minimum Gasteiger partial charge on any atom is -0.467 e. The van der Waals surface area contributed by atoms with E-state index in [-0.39, 0.29) is 12.3 Å². The Labute approximate surface area is 142 Å². The van der Waals surface area contributed by atoms with E-state index in [1.54, 1.807) is 0 Å². The second-order valence-corrected chi connectivity index (χ2v) is 6.94. The Morgan fingerprint density at radius 3 is 2.48 bits per heavy atom. The van der Waals surface area contributed by atoms with E-state index < -0.39 is 17.4 Å². The molecule has 0 unspecified atom stereocenters.